The Bertz CT molecular complexity index is 1230. The van der Waals surface area contributed by atoms with Crippen molar-refractivity contribution in [3.63, 3.8) is 0 Å². The average Bonchev–Trinajstić information content (AvgIpc) is 3.14. The van der Waals surface area contributed by atoms with Gasteiger partial charge in [0.15, 0.2) is 11.5 Å². The van der Waals surface area contributed by atoms with Crippen molar-refractivity contribution in [2.24, 2.45) is 0 Å². The van der Waals surface area contributed by atoms with E-state index in [1.165, 1.54) is 10.0 Å². The molecule has 2 aliphatic heterocycles. The van der Waals surface area contributed by atoms with E-state index in [4.69, 9.17) is 9.47 Å². The number of hydrogen-bond donors (Lipinski definition) is 0. The molecule has 0 radical (unpaired) electrons. The molecule has 0 bridgehead atoms. The molecule has 0 fully saturated rings. The van der Waals surface area contributed by atoms with E-state index >= 15 is 0 Å². The van der Waals surface area contributed by atoms with Crippen molar-refractivity contribution in [2.75, 3.05) is 33.4 Å². The second-order valence-corrected chi connectivity index (χ2v) is 9.08. The van der Waals surface area contributed by atoms with Gasteiger partial charge in [-0.15, -0.1) is 0 Å². The van der Waals surface area contributed by atoms with Crippen molar-refractivity contribution < 1.29 is 17.9 Å². The third kappa shape index (κ3) is 3.08. The molecule has 0 spiro atoms. The molecule has 0 N–H and O–H groups in total. The number of likely N-dealkylation sites (N-methyl/N-ethyl adjacent to an activating group) is 1. The van der Waals surface area contributed by atoms with Crippen LogP contribution in [0, 0.1) is 0 Å². The summed E-state index contributed by atoms with van der Waals surface area (Å²) in [5.74, 6) is 1.01. The highest BCUT2D eigenvalue weighted by Crippen LogP contribution is 2.35. The summed E-state index contributed by atoms with van der Waals surface area (Å²) in [7, 11) is -1.75. The van der Waals surface area contributed by atoms with E-state index in [9.17, 15) is 8.42 Å². The number of benzene rings is 1. The van der Waals surface area contributed by atoms with Crippen LogP contribution in [0.25, 0.3) is 16.6 Å². The van der Waals surface area contributed by atoms with Gasteiger partial charge in [0.25, 0.3) is 10.0 Å². The van der Waals surface area contributed by atoms with E-state index in [1.807, 2.05) is 0 Å². The summed E-state index contributed by atoms with van der Waals surface area (Å²) < 4.78 is 39.4. The summed E-state index contributed by atoms with van der Waals surface area (Å²) in [6, 6.07) is 8.27. The normalized spacial score (nSPS) is 17.3. The fraction of sp³-hybridized carbons (Fsp3) is 0.286. The minimum Gasteiger partial charge on any atom is -0.486 e. The van der Waals surface area contributed by atoms with Crippen LogP contribution >= 0.6 is 0 Å². The first-order chi connectivity index (χ1) is 14.0. The average molecular weight is 411 g/mol. The van der Waals surface area contributed by atoms with E-state index in [0.717, 1.165) is 30.6 Å². The quantitative estimate of drug-likeness (QED) is 0.660. The van der Waals surface area contributed by atoms with Gasteiger partial charge in [-0.2, -0.15) is 0 Å². The van der Waals surface area contributed by atoms with E-state index in [0.29, 0.717) is 35.7 Å². The van der Waals surface area contributed by atoms with Crippen molar-refractivity contribution in [3.05, 3.63) is 54.4 Å². The van der Waals surface area contributed by atoms with Crippen LogP contribution in [0.15, 0.2) is 53.7 Å². The molecular formula is C21H21N3O4S. The molecule has 7 nitrogen and oxygen atoms in total. The van der Waals surface area contributed by atoms with E-state index in [1.54, 1.807) is 36.7 Å². The molecule has 5 rings (SSSR count). The van der Waals surface area contributed by atoms with Crippen molar-refractivity contribution in [1.82, 2.24) is 13.9 Å². The molecule has 1 aromatic carbocycles. The molecule has 0 amide bonds. The van der Waals surface area contributed by atoms with Gasteiger partial charge < -0.3 is 14.4 Å². The summed E-state index contributed by atoms with van der Waals surface area (Å²) >= 11 is 0. The first-order valence-electron chi connectivity index (χ1n) is 9.53. The lowest BCUT2D eigenvalue weighted by Gasteiger charge is -2.21. The molecule has 2 aliphatic rings. The van der Waals surface area contributed by atoms with E-state index in [-0.39, 0.29) is 4.90 Å². The van der Waals surface area contributed by atoms with E-state index < -0.39 is 10.0 Å². The van der Waals surface area contributed by atoms with Crippen molar-refractivity contribution in [3.8, 4) is 11.5 Å². The van der Waals surface area contributed by atoms with Crippen molar-refractivity contribution in [1.29, 1.82) is 0 Å². The van der Waals surface area contributed by atoms with Crippen LogP contribution < -0.4 is 9.47 Å². The predicted molar refractivity (Wildman–Crippen MR) is 110 cm³/mol. The van der Waals surface area contributed by atoms with Gasteiger partial charge in [-0.3, -0.25) is 4.98 Å². The van der Waals surface area contributed by atoms with Crippen LogP contribution in [0.4, 0.5) is 0 Å². The zero-order valence-electron chi connectivity index (χ0n) is 16.0. The Kier molecular flexibility index (Phi) is 4.33. The number of rotatable bonds is 3. The monoisotopic (exact) mass is 411 g/mol. The Morgan fingerprint density at radius 2 is 1.93 bits per heavy atom. The molecule has 150 valence electrons. The third-order valence-electron chi connectivity index (χ3n) is 5.35. The molecule has 4 heterocycles. The lowest BCUT2D eigenvalue weighted by molar-refractivity contribution is 0.171. The molecule has 3 aromatic rings. The molecule has 0 atom stereocenters. The van der Waals surface area contributed by atoms with Crippen LogP contribution in [0.5, 0.6) is 11.5 Å². The zero-order chi connectivity index (χ0) is 20.0. The molecule has 0 aliphatic carbocycles. The van der Waals surface area contributed by atoms with Gasteiger partial charge in [0, 0.05) is 37.1 Å². The van der Waals surface area contributed by atoms with Crippen molar-refractivity contribution >= 4 is 26.6 Å². The molecular weight excluding hydrogens is 390 g/mol. The minimum absolute atomic E-state index is 0.159. The van der Waals surface area contributed by atoms with E-state index in [2.05, 4.69) is 23.0 Å². The second-order valence-electron chi connectivity index (χ2n) is 7.26. The topological polar surface area (TPSA) is 73.7 Å². The summed E-state index contributed by atoms with van der Waals surface area (Å²) in [5.41, 5.74) is 3.26. The smallest absolute Gasteiger partial charge is 0.268 e. The highest BCUT2D eigenvalue weighted by molar-refractivity contribution is 7.90. The molecule has 2 aromatic heterocycles. The Morgan fingerprint density at radius 3 is 2.72 bits per heavy atom. The van der Waals surface area contributed by atoms with Crippen molar-refractivity contribution in [2.45, 2.75) is 11.3 Å². The molecule has 0 saturated carbocycles. The van der Waals surface area contributed by atoms with Crippen LogP contribution in [-0.4, -0.2) is 55.6 Å². The zero-order valence-corrected chi connectivity index (χ0v) is 16.9. The lowest BCUT2D eigenvalue weighted by atomic mass is 10.0. The number of ether oxygens (including phenoxy) is 2. The first-order valence-corrected chi connectivity index (χ1v) is 11.0. The largest absolute Gasteiger partial charge is 0.486 e. The van der Waals surface area contributed by atoms with Gasteiger partial charge in [0.1, 0.15) is 13.2 Å². The summed E-state index contributed by atoms with van der Waals surface area (Å²) in [4.78, 5) is 6.87. The predicted octanol–water partition coefficient (Wildman–Crippen LogP) is 2.76. The highest BCUT2D eigenvalue weighted by Gasteiger charge is 2.25. The fourth-order valence-corrected chi connectivity index (χ4v) is 5.15. The maximum Gasteiger partial charge on any atom is 0.268 e. The summed E-state index contributed by atoms with van der Waals surface area (Å²) in [5, 5.41) is 0. The summed E-state index contributed by atoms with van der Waals surface area (Å²) in [6.45, 7) is 2.63. The highest BCUT2D eigenvalue weighted by atomic mass is 32.2. The molecule has 0 unspecified atom stereocenters. The Labute approximate surface area is 169 Å². The van der Waals surface area contributed by atoms with Gasteiger partial charge in [-0.25, -0.2) is 12.4 Å². The van der Waals surface area contributed by atoms with Gasteiger partial charge in [-0.05, 0) is 43.3 Å². The standard InChI is InChI=1S/C21H21N3O4S/c1-23-9-6-15(7-10-23)17-14-24(18-3-2-8-22-21(17)18)29(25,26)16-4-5-19-20(13-16)28-12-11-27-19/h2-6,8,13-14H,7,9-12H2,1H3. The van der Waals surface area contributed by atoms with Crippen LogP contribution in [0.2, 0.25) is 0 Å². The Hall–Kier alpha value is -2.84. The van der Waals surface area contributed by atoms with Crippen LogP contribution in [0.3, 0.4) is 0 Å². The van der Waals surface area contributed by atoms with Crippen LogP contribution in [0.1, 0.15) is 12.0 Å². The Balaban J connectivity index is 1.65. The van der Waals surface area contributed by atoms with Crippen LogP contribution in [-0.2, 0) is 10.0 Å². The van der Waals surface area contributed by atoms with Gasteiger partial charge in [0.2, 0.25) is 0 Å². The maximum atomic E-state index is 13.5. The minimum atomic E-state index is -3.82. The molecule has 8 heteroatoms. The number of fused-ring (bicyclic) bond motifs is 2. The lowest BCUT2D eigenvalue weighted by Crippen LogP contribution is -2.23. The van der Waals surface area contributed by atoms with Gasteiger partial charge in [-0.1, -0.05) is 6.08 Å². The molecule has 0 saturated heterocycles. The third-order valence-corrected chi connectivity index (χ3v) is 7.02. The number of hydrogen-bond acceptors (Lipinski definition) is 6. The Morgan fingerprint density at radius 1 is 1.10 bits per heavy atom. The fourth-order valence-electron chi connectivity index (χ4n) is 3.78. The second kappa shape index (κ2) is 6.89. The first kappa shape index (κ1) is 18.2. The van der Waals surface area contributed by atoms with Gasteiger partial charge in [0.05, 0.1) is 15.9 Å². The number of nitrogens with zero attached hydrogens (tertiary/aromatic N) is 3. The SMILES string of the molecule is CN1CC=C(c2cn(S(=O)(=O)c3ccc4c(c3)OCCO4)c3cccnc23)CC1. The van der Waals surface area contributed by atoms with Gasteiger partial charge >= 0.3 is 0 Å². The summed E-state index contributed by atoms with van der Waals surface area (Å²) in [6.07, 6.45) is 6.40. The number of aromatic nitrogens is 2. The maximum absolute atomic E-state index is 13.5. The number of pyridine rings is 1. The molecule has 29 heavy (non-hydrogen) atoms.